The summed E-state index contributed by atoms with van der Waals surface area (Å²) in [6.07, 6.45) is 3.93. The molecule has 0 atom stereocenters. The highest BCUT2D eigenvalue weighted by atomic mass is 16.4. The normalized spacial score (nSPS) is 15.5. The van der Waals surface area contributed by atoms with E-state index in [-0.39, 0.29) is 18.7 Å². The number of hydrogen-bond donors (Lipinski definition) is 1. The number of aliphatic carboxylic acids is 1. The van der Waals surface area contributed by atoms with Gasteiger partial charge in [0.15, 0.2) is 0 Å². The Bertz CT molecular complexity index is 447. The molecule has 0 saturated carbocycles. The average molecular weight is 225 g/mol. The van der Waals surface area contributed by atoms with Crippen LogP contribution in [0.5, 0.6) is 0 Å². The number of carboxylic acid groups (broad SMARTS) is 1. The minimum absolute atomic E-state index is 0.0592. The number of rotatable bonds is 3. The zero-order valence-corrected chi connectivity index (χ0v) is 9.06. The monoisotopic (exact) mass is 225 g/mol. The van der Waals surface area contributed by atoms with Crippen molar-refractivity contribution in [2.45, 2.75) is 45.2 Å². The number of aromatic nitrogens is 3. The van der Waals surface area contributed by atoms with Crippen molar-refractivity contribution in [1.29, 1.82) is 0 Å². The largest absolute Gasteiger partial charge is 0.481 e. The minimum atomic E-state index is -0.907. The van der Waals surface area contributed by atoms with Gasteiger partial charge in [-0.25, -0.2) is 9.48 Å². The van der Waals surface area contributed by atoms with Crippen molar-refractivity contribution < 1.29 is 9.90 Å². The Morgan fingerprint density at radius 2 is 2.19 bits per heavy atom. The topological polar surface area (TPSA) is 77.1 Å². The van der Waals surface area contributed by atoms with Crippen LogP contribution in [0.15, 0.2) is 4.79 Å². The van der Waals surface area contributed by atoms with E-state index < -0.39 is 5.97 Å². The van der Waals surface area contributed by atoms with E-state index >= 15 is 0 Å². The van der Waals surface area contributed by atoms with E-state index in [0.29, 0.717) is 6.54 Å². The summed E-state index contributed by atoms with van der Waals surface area (Å²) in [4.78, 5) is 22.3. The van der Waals surface area contributed by atoms with E-state index in [0.717, 1.165) is 31.5 Å². The maximum absolute atomic E-state index is 11.8. The molecular weight excluding hydrogens is 210 g/mol. The summed E-state index contributed by atoms with van der Waals surface area (Å²) >= 11 is 0. The molecule has 0 aromatic carbocycles. The van der Waals surface area contributed by atoms with Crippen LogP contribution in [0.25, 0.3) is 0 Å². The maximum atomic E-state index is 11.8. The first-order valence-electron chi connectivity index (χ1n) is 5.57. The molecule has 0 spiro atoms. The standard InChI is InChI=1S/C10H15N3O3/c14-9(15)5-7-13-10(16)12-6-3-1-2-4-8(12)11-13/h1-7H2,(H,14,15). The second kappa shape index (κ2) is 4.51. The molecule has 0 saturated heterocycles. The summed E-state index contributed by atoms with van der Waals surface area (Å²) in [6.45, 7) is 0.870. The van der Waals surface area contributed by atoms with E-state index in [9.17, 15) is 9.59 Å². The van der Waals surface area contributed by atoms with Crippen LogP contribution in [-0.2, 0) is 24.3 Å². The summed E-state index contributed by atoms with van der Waals surface area (Å²) in [7, 11) is 0. The summed E-state index contributed by atoms with van der Waals surface area (Å²) in [5.41, 5.74) is -0.168. The van der Waals surface area contributed by atoms with Crippen molar-refractivity contribution in [3.8, 4) is 0 Å². The third kappa shape index (κ3) is 2.15. The Kier molecular flexibility index (Phi) is 3.07. The molecule has 2 heterocycles. The molecule has 88 valence electrons. The van der Waals surface area contributed by atoms with Gasteiger partial charge in [-0.3, -0.25) is 9.36 Å². The van der Waals surface area contributed by atoms with Crippen LogP contribution in [-0.4, -0.2) is 25.4 Å². The zero-order valence-electron chi connectivity index (χ0n) is 9.06. The van der Waals surface area contributed by atoms with Crippen LogP contribution in [0.3, 0.4) is 0 Å². The summed E-state index contributed by atoms with van der Waals surface area (Å²) in [5.74, 6) is -0.108. The molecule has 0 unspecified atom stereocenters. The lowest BCUT2D eigenvalue weighted by atomic mass is 10.2. The van der Waals surface area contributed by atoms with Gasteiger partial charge in [0.2, 0.25) is 0 Å². The van der Waals surface area contributed by atoms with Crippen LogP contribution in [0, 0.1) is 0 Å². The van der Waals surface area contributed by atoms with Crippen molar-refractivity contribution in [1.82, 2.24) is 14.3 Å². The quantitative estimate of drug-likeness (QED) is 0.799. The molecule has 1 aliphatic heterocycles. The van der Waals surface area contributed by atoms with Crippen molar-refractivity contribution in [2.75, 3.05) is 0 Å². The highest BCUT2D eigenvalue weighted by Gasteiger charge is 2.15. The Hall–Kier alpha value is -1.59. The molecule has 6 heteroatoms. The number of nitrogens with zero attached hydrogens (tertiary/aromatic N) is 3. The molecule has 0 amide bonds. The van der Waals surface area contributed by atoms with Crippen molar-refractivity contribution >= 4 is 5.97 Å². The van der Waals surface area contributed by atoms with Gasteiger partial charge in [0, 0.05) is 13.0 Å². The van der Waals surface area contributed by atoms with Gasteiger partial charge >= 0.3 is 11.7 Å². The minimum Gasteiger partial charge on any atom is -0.481 e. The first-order chi connectivity index (χ1) is 7.68. The van der Waals surface area contributed by atoms with Gasteiger partial charge in [0.25, 0.3) is 0 Å². The van der Waals surface area contributed by atoms with Gasteiger partial charge in [-0.05, 0) is 12.8 Å². The molecule has 6 nitrogen and oxygen atoms in total. The molecule has 0 bridgehead atoms. The summed E-state index contributed by atoms with van der Waals surface area (Å²) < 4.78 is 2.95. The Morgan fingerprint density at radius 3 is 2.94 bits per heavy atom. The summed E-state index contributed by atoms with van der Waals surface area (Å²) in [6, 6.07) is 0. The van der Waals surface area contributed by atoms with Crippen LogP contribution in [0.1, 0.15) is 31.5 Å². The lowest BCUT2D eigenvalue weighted by Crippen LogP contribution is -2.26. The lowest BCUT2D eigenvalue weighted by Gasteiger charge is -1.97. The Balaban J connectivity index is 2.21. The molecule has 1 aromatic rings. The first kappa shape index (κ1) is 10.9. The van der Waals surface area contributed by atoms with Gasteiger partial charge in [0.1, 0.15) is 5.82 Å². The predicted molar refractivity (Wildman–Crippen MR) is 56.3 cm³/mol. The third-order valence-electron chi connectivity index (χ3n) is 2.82. The van der Waals surface area contributed by atoms with Crippen molar-refractivity contribution in [3.05, 3.63) is 16.3 Å². The first-order valence-corrected chi connectivity index (χ1v) is 5.57. The van der Waals surface area contributed by atoms with Crippen LogP contribution in [0.4, 0.5) is 0 Å². The molecule has 1 aromatic heterocycles. The fourth-order valence-electron chi connectivity index (χ4n) is 1.97. The molecule has 1 N–H and O–H groups in total. The fraction of sp³-hybridized carbons (Fsp3) is 0.700. The molecule has 0 radical (unpaired) electrons. The number of fused-ring (bicyclic) bond motifs is 1. The number of carboxylic acids is 1. The number of hydrogen-bond acceptors (Lipinski definition) is 3. The van der Waals surface area contributed by atoms with E-state index in [1.807, 2.05) is 0 Å². The smallest absolute Gasteiger partial charge is 0.345 e. The molecule has 16 heavy (non-hydrogen) atoms. The Morgan fingerprint density at radius 1 is 1.38 bits per heavy atom. The molecule has 1 aliphatic rings. The summed E-state index contributed by atoms with van der Waals surface area (Å²) in [5, 5.41) is 12.7. The van der Waals surface area contributed by atoms with Gasteiger partial charge in [-0.2, -0.15) is 5.10 Å². The van der Waals surface area contributed by atoms with Crippen LogP contribution in [0.2, 0.25) is 0 Å². The SMILES string of the molecule is O=C(O)CCn1nc2n(c1=O)CCCCC2. The van der Waals surface area contributed by atoms with Crippen molar-refractivity contribution in [2.24, 2.45) is 0 Å². The van der Waals surface area contributed by atoms with Gasteiger partial charge in [0.05, 0.1) is 13.0 Å². The highest BCUT2D eigenvalue weighted by Crippen LogP contribution is 2.10. The lowest BCUT2D eigenvalue weighted by molar-refractivity contribution is -0.137. The number of aryl methyl sites for hydroxylation is 2. The van der Waals surface area contributed by atoms with E-state index in [2.05, 4.69) is 5.10 Å². The Labute approximate surface area is 92.5 Å². The van der Waals surface area contributed by atoms with Gasteiger partial charge in [-0.1, -0.05) is 6.42 Å². The highest BCUT2D eigenvalue weighted by molar-refractivity contribution is 5.66. The van der Waals surface area contributed by atoms with Gasteiger partial charge < -0.3 is 5.11 Å². The molecule has 2 rings (SSSR count). The number of carbonyl (C=O) groups is 1. The average Bonchev–Trinajstić information content (AvgIpc) is 2.43. The van der Waals surface area contributed by atoms with Crippen LogP contribution < -0.4 is 5.69 Å². The second-order valence-corrected chi connectivity index (χ2v) is 4.03. The van der Waals surface area contributed by atoms with E-state index in [1.165, 1.54) is 4.68 Å². The van der Waals surface area contributed by atoms with Crippen LogP contribution >= 0.6 is 0 Å². The van der Waals surface area contributed by atoms with Gasteiger partial charge in [-0.15, -0.1) is 0 Å². The molecule has 0 fully saturated rings. The van der Waals surface area contributed by atoms with E-state index in [1.54, 1.807) is 4.57 Å². The zero-order chi connectivity index (χ0) is 11.5. The van der Waals surface area contributed by atoms with E-state index in [4.69, 9.17) is 5.11 Å². The molecular formula is C10H15N3O3. The predicted octanol–water partition coefficient (Wildman–Crippen LogP) is 0.246. The third-order valence-corrected chi connectivity index (χ3v) is 2.82. The maximum Gasteiger partial charge on any atom is 0.345 e. The van der Waals surface area contributed by atoms with Crippen molar-refractivity contribution in [3.63, 3.8) is 0 Å². The fourth-order valence-corrected chi connectivity index (χ4v) is 1.97. The molecule has 0 aliphatic carbocycles. The second-order valence-electron chi connectivity index (χ2n) is 4.03.